The Labute approximate surface area is 117 Å². The number of nitrogens with zero attached hydrogens (tertiary/aromatic N) is 3. The SMILES string of the molecule is Cn1ccc(-c2cccnc2OCc2ccccc2)n1. The van der Waals surface area contributed by atoms with E-state index in [-0.39, 0.29) is 0 Å². The smallest absolute Gasteiger partial charge is 0.223 e. The second-order valence-corrected chi connectivity index (χ2v) is 4.51. The summed E-state index contributed by atoms with van der Waals surface area (Å²) in [4.78, 5) is 4.31. The van der Waals surface area contributed by atoms with E-state index in [0.717, 1.165) is 16.8 Å². The molecule has 3 aromatic rings. The standard InChI is InChI=1S/C16H15N3O/c1-19-11-9-15(18-19)14-8-5-10-17-16(14)20-12-13-6-3-2-4-7-13/h2-11H,12H2,1H3. The van der Waals surface area contributed by atoms with Crippen molar-refractivity contribution in [2.24, 2.45) is 7.05 Å². The first-order valence-electron chi connectivity index (χ1n) is 6.45. The van der Waals surface area contributed by atoms with Gasteiger partial charge in [0.1, 0.15) is 6.61 Å². The van der Waals surface area contributed by atoms with Gasteiger partial charge in [0.25, 0.3) is 0 Å². The normalized spacial score (nSPS) is 10.4. The van der Waals surface area contributed by atoms with Crippen LogP contribution in [0.5, 0.6) is 5.88 Å². The largest absolute Gasteiger partial charge is 0.472 e. The van der Waals surface area contributed by atoms with E-state index in [1.165, 1.54) is 0 Å². The Morgan fingerprint density at radius 3 is 2.65 bits per heavy atom. The molecular weight excluding hydrogens is 250 g/mol. The number of hydrogen-bond acceptors (Lipinski definition) is 3. The van der Waals surface area contributed by atoms with Crippen LogP contribution in [-0.4, -0.2) is 14.8 Å². The Morgan fingerprint density at radius 2 is 1.90 bits per heavy atom. The van der Waals surface area contributed by atoms with Gasteiger partial charge in [-0.2, -0.15) is 5.10 Å². The highest BCUT2D eigenvalue weighted by molar-refractivity contribution is 5.64. The fourth-order valence-electron chi connectivity index (χ4n) is 1.99. The monoisotopic (exact) mass is 265 g/mol. The van der Waals surface area contributed by atoms with Crippen LogP contribution < -0.4 is 4.74 Å². The third-order valence-corrected chi connectivity index (χ3v) is 2.98. The van der Waals surface area contributed by atoms with Gasteiger partial charge in [-0.25, -0.2) is 4.98 Å². The molecule has 0 spiro atoms. The number of benzene rings is 1. The molecule has 0 bridgehead atoms. The van der Waals surface area contributed by atoms with Crippen molar-refractivity contribution in [1.29, 1.82) is 0 Å². The number of aromatic nitrogens is 3. The molecule has 100 valence electrons. The van der Waals surface area contributed by atoms with Crippen LogP contribution in [-0.2, 0) is 13.7 Å². The molecule has 1 aromatic carbocycles. The van der Waals surface area contributed by atoms with E-state index in [1.54, 1.807) is 10.9 Å². The zero-order valence-corrected chi connectivity index (χ0v) is 11.2. The first-order valence-corrected chi connectivity index (χ1v) is 6.45. The van der Waals surface area contributed by atoms with Crippen molar-refractivity contribution in [1.82, 2.24) is 14.8 Å². The van der Waals surface area contributed by atoms with Crippen LogP contribution in [0.2, 0.25) is 0 Å². The molecule has 3 rings (SSSR count). The molecule has 0 saturated heterocycles. The summed E-state index contributed by atoms with van der Waals surface area (Å²) in [6.45, 7) is 0.498. The number of ether oxygens (including phenoxy) is 1. The Hall–Kier alpha value is -2.62. The van der Waals surface area contributed by atoms with Gasteiger partial charge < -0.3 is 4.74 Å². The maximum absolute atomic E-state index is 5.83. The topological polar surface area (TPSA) is 39.9 Å². The summed E-state index contributed by atoms with van der Waals surface area (Å²) in [6, 6.07) is 15.9. The van der Waals surface area contributed by atoms with Crippen molar-refractivity contribution >= 4 is 0 Å². The van der Waals surface area contributed by atoms with Crippen molar-refractivity contribution in [2.75, 3.05) is 0 Å². The molecule has 0 aliphatic rings. The Bertz CT molecular complexity index is 692. The highest BCUT2D eigenvalue weighted by atomic mass is 16.5. The van der Waals surface area contributed by atoms with Gasteiger partial charge in [0.05, 0.1) is 11.3 Å². The molecule has 0 aliphatic heterocycles. The molecule has 0 amide bonds. The van der Waals surface area contributed by atoms with E-state index in [2.05, 4.69) is 10.1 Å². The second-order valence-electron chi connectivity index (χ2n) is 4.51. The van der Waals surface area contributed by atoms with Crippen LogP contribution in [0.1, 0.15) is 5.56 Å². The van der Waals surface area contributed by atoms with Gasteiger partial charge in [-0.3, -0.25) is 4.68 Å². The molecule has 2 aromatic heterocycles. The predicted molar refractivity (Wildman–Crippen MR) is 77.2 cm³/mol. The van der Waals surface area contributed by atoms with Crippen LogP contribution in [0.4, 0.5) is 0 Å². The lowest BCUT2D eigenvalue weighted by atomic mass is 10.2. The first-order chi connectivity index (χ1) is 9.83. The average Bonchev–Trinajstić information content (AvgIpc) is 2.93. The molecule has 4 nitrogen and oxygen atoms in total. The third kappa shape index (κ3) is 2.69. The van der Waals surface area contributed by atoms with Crippen LogP contribution in [0, 0.1) is 0 Å². The minimum absolute atomic E-state index is 0.498. The lowest BCUT2D eigenvalue weighted by Crippen LogP contribution is -1.99. The number of rotatable bonds is 4. The molecular formula is C16H15N3O. The zero-order chi connectivity index (χ0) is 13.8. The quantitative estimate of drug-likeness (QED) is 0.728. The molecule has 0 radical (unpaired) electrons. The maximum Gasteiger partial charge on any atom is 0.223 e. The Kier molecular flexibility index (Phi) is 3.46. The lowest BCUT2D eigenvalue weighted by molar-refractivity contribution is 0.295. The van der Waals surface area contributed by atoms with Crippen molar-refractivity contribution in [3.63, 3.8) is 0 Å². The molecule has 4 heteroatoms. The second kappa shape index (κ2) is 5.57. The minimum atomic E-state index is 0.498. The van der Waals surface area contributed by atoms with E-state index in [4.69, 9.17) is 4.74 Å². The lowest BCUT2D eigenvalue weighted by Gasteiger charge is -2.08. The Balaban J connectivity index is 1.83. The Morgan fingerprint density at radius 1 is 1.05 bits per heavy atom. The van der Waals surface area contributed by atoms with Crippen LogP contribution in [0.25, 0.3) is 11.3 Å². The molecule has 0 N–H and O–H groups in total. The summed E-state index contributed by atoms with van der Waals surface area (Å²) in [5.41, 5.74) is 2.89. The van der Waals surface area contributed by atoms with Crippen molar-refractivity contribution in [3.05, 3.63) is 66.5 Å². The molecule has 2 heterocycles. The van der Waals surface area contributed by atoms with Gasteiger partial charge in [0, 0.05) is 19.4 Å². The number of hydrogen-bond donors (Lipinski definition) is 0. The van der Waals surface area contributed by atoms with Gasteiger partial charge in [0.2, 0.25) is 5.88 Å². The minimum Gasteiger partial charge on any atom is -0.472 e. The summed E-state index contributed by atoms with van der Waals surface area (Å²) in [6.07, 6.45) is 3.63. The molecule has 0 atom stereocenters. The molecule has 0 saturated carbocycles. The fraction of sp³-hybridized carbons (Fsp3) is 0.125. The van der Waals surface area contributed by atoms with E-state index < -0.39 is 0 Å². The average molecular weight is 265 g/mol. The van der Waals surface area contributed by atoms with Gasteiger partial charge >= 0.3 is 0 Å². The van der Waals surface area contributed by atoms with Gasteiger partial charge in [-0.1, -0.05) is 30.3 Å². The van der Waals surface area contributed by atoms with Crippen molar-refractivity contribution in [3.8, 4) is 17.1 Å². The summed E-state index contributed by atoms with van der Waals surface area (Å²) in [5, 5.41) is 4.39. The van der Waals surface area contributed by atoms with Gasteiger partial charge in [-0.15, -0.1) is 0 Å². The van der Waals surface area contributed by atoms with Crippen LogP contribution >= 0.6 is 0 Å². The number of aryl methyl sites for hydroxylation is 1. The van der Waals surface area contributed by atoms with Crippen molar-refractivity contribution in [2.45, 2.75) is 6.61 Å². The molecule has 20 heavy (non-hydrogen) atoms. The van der Waals surface area contributed by atoms with E-state index in [0.29, 0.717) is 12.5 Å². The van der Waals surface area contributed by atoms with E-state index in [9.17, 15) is 0 Å². The summed E-state index contributed by atoms with van der Waals surface area (Å²) in [7, 11) is 1.89. The summed E-state index contributed by atoms with van der Waals surface area (Å²) >= 11 is 0. The first kappa shape index (κ1) is 12.4. The van der Waals surface area contributed by atoms with Gasteiger partial charge in [0.15, 0.2) is 0 Å². The maximum atomic E-state index is 5.83. The fourth-order valence-corrected chi connectivity index (χ4v) is 1.99. The van der Waals surface area contributed by atoms with Crippen LogP contribution in [0.3, 0.4) is 0 Å². The highest BCUT2D eigenvalue weighted by Crippen LogP contribution is 2.26. The van der Waals surface area contributed by atoms with Crippen LogP contribution in [0.15, 0.2) is 60.9 Å². The van der Waals surface area contributed by atoms with E-state index >= 15 is 0 Å². The van der Waals surface area contributed by atoms with Gasteiger partial charge in [-0.05, 0) is 23.8 Å². The molecule has 0 aliphatic carbocycles. The highest BCUT2D eigenvalue weighted by Gasteiger charge is 2.09. The molecule has 0 unspecified atom stereocenters. The van der Waals surface area contributed by atoms with Crippen molar-refractivity contribution < 1.29 is 4.74 Å². The third-order valence-electron chi connectivity index (χ3n) is 2.98. The zero-order valence-electron chi connectivity index (χ0n) is 11.2. The number of pyridine rings is 1. The summed E-state index contributed by atoms with van der Waals surface area (Å²) < 4.78 is 7.59. The predicted octanol–water partition coefficient (Wildman–Crippen LogP) is 3.06. The van der Waals surface area contributed by atoms with E-state index in [1.807, 2.05) is 61.8 Å². The molecule has 0 fully saturated rings. The summed E-state index contributed by atoms with van der Waals surface area (Å²) in [5.74, 6) is 0.607.